The molecule has 1 aromatic carbocycles. The number of hydrogen-bond donors (Lipinski definition) is 0. The highest BCUT2D eigenvalue weighted by atomic mass is 32.2. The number of halogens is 1. The first kappa shape index (κ1) is 23.8. The van der Waals surface area contributed by atoms with Gasteiger partial charge in [-0.05, 0) is 50.8 Å². The molecule has 4 aliphatic rings. The second-order valence-electron chi connectivity index (χ2n) is 9.85. The molecule has 1 saturated heterocycles. The minimum absolute atomic E-state index is 0.0587. The Labute approximate surface area is 209 Å². The van der Waals surface area contributed by atoms with Crippen LogP contribution in [-0.2, 0) is 19.9 Å². The van der Waals surface area contributed by atoms with Gasteiger partial charge in [0.25, 0.3) is 0 Å². The van der Waals surface area contributed by atoms with Crippen LogP contribution >= 0.6 is 0 Å². The molecular formula is C24H26FN3O6S2. The first-order valence-electron chi connectivity index (χ1n) is 12.0. The lowest BCUT2D eigenvalue weighted by molar-refractivity contribution is 0.0979. The van der Waals surface area contributed by atoms with E-state index in [2.05, 4.69) is 9.97 Å². The van der Waals surface area contributed by atoms with Crippen LogP contribution in [0.5, 0.6) is 17.5 Å². The molecule has 0 amide bonds. The van der Waals surface area contributed by atoms with Gasteiger partial charge in [-0.2, -0.15) is 4.31 Å². The Hall–Kier alpha value is -2.57. The number of ether oxygens (including phenoxy) is 2. The molecule has 2 aromatic rings. The predicted octanol–water partition coefficient (Wildman–Crippen LogP) is 3.29. The van der Waals surface area contributed by atoms with Gasteiger partial charge in [-0.15, -0.1) is 0 Å². The van der Waals surface area contributed by atoms with Gasteiger partial charge in [0.2, 0.25) is 21.8 Å². The molecule has 1 aromatic heterocycles. The summed E-state index contributed by atoms with van der Waals surface area (Å²) in [5.74, 6) is -0.592. The first-order valence-corrected chi connectivity index (χ1v) is 15.1. The summed E-state index contributed by atoms with van der Waals surface area (Å²) in [5, 5.41) is -0.689. The van der Waals surface area contributed by atoms with E-state index < -0.39 is 30.9 Å². The molecule has 6 rings (SSSR count). The second kappa shape index (κ2) is 8.49. The maximum absolute atomic E-state index is 14.7. The molecule has 9 nitrogen and oxygen atoms in total. The van der Waals surface area contributed by atoms with Crippen molar-refractivity contribution < 1.29 is 30.7 Å². The Morgan fingerprint density at radius 2 is 1.58 bits per heavy atom. The molecule has 2 bridgehead atoms. The highest BCUT2D eigenvalue weighted by molar-refractivity contribution is 7.92. The Morgan fingerprint density at radius 3 is 2.19 bits per heavy atom. The number of benzene rings is 1. The molecule has 0 spiro atoms. The zero-order chi connectivity index (χ0) is 25.2. The van der Waals surface area contributed by atoms with E-state index in [1.54, 1.807) is 11.2 Å². The summed E-state index contributed by atoms with van der Waals surface area (Å²) in [7, 11) is -6.81. The largest absolute Gasteiger partial charge is 0.474 e. The van der Waals surface area contributed by atoms with Gasteiger partial charge in [0, 0.05) is 24.9 Å². The lowest BCUT2D eigenvalue weighted by Gasteiger charge is -2.38. The molecule has 0 N–H and O–H groups in total. The van der Waals surface area contributed by atoms with Gasteiger partial charge < -0.3 is 9.47 Å². The molecule has 192 valence electrons. The quantitative estimate of drug-likeness (QED) is 0.473. The van der Waals surface area contributed by atoms with Crippen LogP contribution in [0.4, 0.5) is 4.39 Å². The Morgan fingerprint density at radius 1 is 0.944 bits per heavy atom. The molecule has 3 atom stereocenters. The summed E-state index contributed by atoms with van der Waals surface area (Å²) in [6, 6.07) is 3.12. The van der Waals surface area contributed by atoms with E-state index in [0.717, 1.165) is 18.9 Å². The van der Waals surface area contributed by atoms with Crippen LogP contribution in [0.3, 0.4) is 0 Å². The number of piperidine rings is 1. The summed E-state index contributed by atoms with van der Waals surface area (Å²) >= 11 is 0. The van der Waals surface area contributed by atoms with Crippen molar-refractivity contribution in [2.45, 2.75) is 79.0 Å². The zero-order valence-corrected chi connectivity index (χ0v) is 21.2. The molecule has 3 fully saturated rings. The Bertz CT molecular complexity index is 1440. The fourth-order valence-corrected chi connectivity index (χ4v) is 8.71. The summed E-state index contributed by atoms with van der Waals surface area (Å²) in [6.07, 6.45) is 8.51. The maximum Gasteiger partial charge on any atom is 0.229 e. The van der Waals surface area contributed by atoms with E-state index in [9.17, 15) is 21.2 Å². The Kier molecular flexibility index (Phi) is 5.61. The minimum Gasteiger partial charge on any atom is -0.474 e. The van der Waals surface area contributed by atoms with Gasteiger partial charge in [0.15, 0.2) is 21.4 Å². The summed E-state index contributed by atoms with van der Waals surface area (Å²) in [6.45, 7) is 1.69. The first-order chi connectivity index (χ1) is 17.1. The highest BCUT2D eigenvalue weighted by Crippen LogP contribution is 2.41. The fourth-order valence-electron chi connectivity index (χ4n) is 4.90. The van der Waals surface area contributed by atoms with E-state index in [1.165, 1.54) is 18.5 Å². The lowest BCUT2D eigenvalue weighted by atomic mass is 10.0. The lowest BCUT2D eigenvalue weighted by Crippen LogP contribution is -2.50. The number of hydrogen-bond acceptors (Lipinski definition) is 8. The number of nitrogens with zero attached hydrogens (tertiary/aromatic N) is 3. The molecule has 2 aliphatic heterocycles. The van der Waals surface area contributed by atoms with Crippen LogP contribution in [0.2, 0.25) is 0 Å². The van der Waals surface area contributed by atoms with E-state index >= 15 is 0 Å². The van der Waals surface area contributed by atoms with Gasteiger partial charge in [-0.25, -0.2) is 31.2 Å². The number of fused-ring (bicyclic) bond motifs is 2. The van der Waals surface area contributed by atoms with Gasteiger partial charge in [-0.3, -0.25) is 0 Å². The number of sulfone groups is 1. The Balaban J connectivity index is 1.16. The van der Waals surface area contributed by atoms with Crippen molar-refractivity contribution in [2.24, 2.45) is 0 Å². The van der Waals surface area contributed by atoms with Crippen LogP contribution in [-0.4, -0.2) is 59.8 Å². The van der Waals surface area contributed by atoms with Gasteiger partial charge in [0.05, 0.1) is 21.0 Å². The topological polar surface area (TPSA) is 116 Å². The van der Waals surface area contributed by atoms with Crippen molar-refractivity contribution in [3.8, 4) is 17.5 Å². The van der Waals surface area contributed by atoms with Crippen LogP contribution in [0.25, 0.3) is 0 Å². The van der Waals surface area contributed by atoms with E-state index in [1.807, 2.05) is 12.2 Å². The molecular weight excluding hydrogens is 509 g/mol. The van der Waals surface area contributed by atoms with Crippen molar-refractivity contribution in [3.63, 3.8) is 0 Å². The second-order valence-corrected chi connectivity index (χ2v) is 14.2. The van der Waals surface area contributed by atoms with Gasteiger partial charge >= 0.3 is 0 Å². The third-order valence-electron chi connectivity index (χ3n) is 7.13. The SMILES string of the molecule is Cc1c(Oc2ccc(S(=O)(=O)C3CC3)cc2F)ncnc1O[C@@H]1CC2C=C[C@@H](C1)N2S(=O)(=O)C1CC1. The van der Waals surface area contributed by atoms with Gasteiger partial charge in [0.1, 0.15) is 12.4 Å². The summed E-state index contributed by atoms with van der Waals surface area (Å²) in [5.41, 5.74) is 0.458. The van der Waals surface area contributed by atoms with Crippen LogP contribution < -0.4 is 9.47 Å². The molecule has 2 saturated carbocycles. The molecule has 1 unspecified atom stereocenters. The zero-order valence-electron chi connectivity index (χ0n) is 19.6. The van der Waals surface area contributed by atoms with Crippen molar-refractivity contribution in [1.82, 2.24) is 14.3 Å². The third-order valence-corrected chi connectivity index (χ3v) is 11.8. The van der Waals surface area contributed by atoms with Crippen molar-refractivity contribution in [2.75, 3.05) is 0 Å². The average Bonchev–Trinajstić information content (AvgIpc) is 3.73. The summed E-state index contributed by atoms with van der Waals surface area (Å²) < 4.78 is 78.6. The monoisotopic (exact) mass is 535 g/mol. The number of rotatable bonds is 8. The maximum atomic E-state index is 14.7. The van der Waals surface area contributed by atoms with Crippen LogP contribution in [0, 0.1) is 12.7 Å². The minimum atomic E-state index is -3.52. The van der Waals surface area contributed by atoms with Crippen LogP contribution in [0.1, 0.15) is 44.1 Å². The fraction of sp³-hybridized carbons (Fsp3) is 0.500. The molecule has 36 heavy (non-hydrogen) atoms. The molecule has 0 radical (unpaired) electrons. The third kappa shape index (κ3) is 4.18. The molecule has 3 heterocycles. The van der Waals surface area contributed by atoms with E-state index in [-0.39, 0.29) is 45.8 Å². The molecule has 2 aliphatic carbocycles. The van der Waals surface area contributed by atoms with E-state index in [0.29, 0.717) is 31.2 Å². The van der Waals surface area contributed by atoms with Crippen molar-refractivity contribution >= 4 is 19.9 Å². The van der Waals surface area contributed by atoms with Crippen molar-refractivity contribution in [1.29, 1.82) is 0 Å². The number of aromatic nitrogens is 2. The average molecular weight is 536 g/mol. The van der Waals surface area contributed by atoms with Crippen LogP contribution in [0.15, 0.2) is 41.6 Å². The predicted molar refractivity (Wildman–Crippen MR) is 128 cm³/mol. The van der Waals surface area contributed by atoms with E-state index in [4.69, 9.17) is 9.47 Å². The number of sulfonamides is 1. The normalized spacial score (nSPS) is 26.2. The van der Waals surface area contributed by atoms with Crippen molar-refractivity contribution in [3.05, 3.63) is 48.1 Å². The smallest absolute Gasteiger partial charge is 0.229 e. The molecule has 12 heteroatoms. The highest BCUT2D eigenvalue weighted by Gasteiger charge is 2.50. The standard InChI is InChI=1S/C24H26FN3O6S2/c1-14-23(33-17-10-15-2-3-16(11-17)28(15)36(31,32)19-6-7-19)26-13-27-24(14)34-22-9-8-20(12-21(22)25)35(29,30)18-4-5-18/h2-3,8-9,12-13,15-19H,4-7,10-11H2,1H3/t15-,16?,17-/m0/s1. The summed E-state index contributed by atoms with van der Waals surface area (Å²) in [4.78, 5) is 8.24. The van der Waals surface area contributed by atoms with Gasteiger partial charge in [-0.1, -0.05) is 12.2 Å².